The summed E-state index contributed by atoms with van der Waals surface area (Å²) in [6, 6.07) is 9.77. The lowest BCUT2D eigenvalue weighted by atomic mass is 10.2. The van der Waals surface area contributed by atoms with E-state index in [-0.39, 0.29) is 11.4 Å². The number of halogens is 1. The van der Waals surface area contributed by atoms with E-state index in [2.05, 4.69) is 10.3 Å². The van der Waals surface area contributed by atoms with Crippen LogP contribution in [0.5, 0.6) is 0 Å². The van der Waals surface area contributed by atoms with Crippen molar-refractivity contribution < 1.29 is 4.79 Å². The quantitative estimate of drug-likeness (QED) is 0.878. The molecule has 0 atom stereocenters. The second-order valence-corrected chi connectivity index (χ2v) is 4.11. The Balaban J connectivity index is 2.30. The fourth-order valence-corrected chi connectivity index (χ4v) is 1.64. The third kappa shape index (κ3) is 2.81. The first kappa shape index (κ1) is 12.9. The molecule has 0 bridgehead atoms. The molecule has 1 aromatic heterocycles. The first-order valence-corrected chi connectivity index (χ1v) is 5.71. The van der Waals surface area contributed by atoms with Crippen LogP contribution in [0.15, 0.2) is 36.5 Å². The number of benzene rings is 1. The molecule has 19 heavy (non-hydrogen) atoms. The zero-order valence-corrected chi connectivity index (χ0v) is 10.5. The van der Waals surface area contributed by atoms with Crippen molar-refractivity contribution in [2.45, 2.75) is 0 Å². The van der Waals surface area contributed by atoms with Crippen LogP contribution < -0.4 is 11.1 Å². The topological polar surface area (TPSA) is 91.8 Å². The van der Waals surface area contributed by atoms with Crippen LogP contribution in [0.3, 0.4) is 0 Å². The first-order valence-electron chi connectivity index (χ1n) is 5.33. The second kappa shape index (κ2) is 5.38. The Morgan fingerprint density at radius 3 is 2.89 bits per heavy atom. The monoisotopic (exact) mass is 272 g/mol. The Bertz CT molecular complexity index is 679. The van der Waals surface area contributed by atoms with Gasteiger partial charge in [0.05, 0.1) is 28.0 Å². The lowest BCUT2D eigenvalue weighted by Gasteiger charge is -2.08. The van der Waals surface area contributed by atoms with Gasteiger partial charge < -0.3 is 11.1 Å². The van der Waals surface area contributed by atoms with E-state index in [1.54, 1.807) is 18.2 Å². The maximum absolute atomic E-state index is 12.0. The molecule has 2 aromatic rings. The molecular weight excluding hydrogens is 264 g/mol. The van der Waals surface area contributed by atoms with Crippen molar-refractivity contribution in [2.24, 2.45) is 0 Å². The summed E-state index contributed by atoms with van der Waals surface area (Å²) >= 11 is 5.95. The number of pyridine rings is 1. The number of hydrogen-bond acceptors (Lipinski definition) is 4. The fourth-order valence-electron chi connectivity index (χ4n) is 1.48. The molecule has 0 spiro atoms. The van der Waals surface area contributed by atoms with Gasteiger partial charge >= 0.3 is 0 Å². The van der Waals surface area contributed by atoms with E-state index in [4.69, 9.17) is 22.6 Å². The highest BCUT2D eigenvalue weighted by atomic mass is 35.5. The minimum Gasteiger partial charge on any atom is -0.397 e. The molecule has 2 rings (SSSR count). The van der Waals surface area contributed by atoms with Crippen molar-refractivity contribution in [3.8, 4) is 6.07 Å². The molecule has 1 amide bonds. The minimum atomic E-state index is -0.477. The molecule has 0 saturated heterocycles. The smallest absolute Gasteiger partial charge is 0.276 e. The van der Waals surface area contributed by atoms with Crippen molar-refractivity contribution in [3.05, 3.63) is 52.8 Å². The average molecular weight is 273 g/mol. The molecule has 94 valence electrons. The largest absolute Gasteiger partial charge is 0.397 e. The molecule has 0 fully saturated rings. The second-order valence-electron chi connectivity index (χ2n) is 3.70. The maximum Gasteiger partial charge on any atom is 0.276 e. The summed E-state index contributed by atoms with van der Waals surface area (Å²) in [7, 11) is 0. The van der Waals surface area contributed by atoms with E-state index in [0.717, 1.165) is 0 Å². The number of amides is 1. The van der Waals surface area contributed by atoms with Crippen LogP contribution >= 0.6 is 11.6 Å². The van der Waals surface area contributed by atoms with Gasteiger partial charge in [0.15, 0.2) is 5.69 Å². The number of carbonyl (C=O) groups excluding carboxylic acids is 1. The fraction of sp³-hybridized carbons (Fsp3) is 0. The predicted octanol–water partition coefficient (Wildman–Crippen LogP) is 2.44. The van der Waals surface area contributed by atoms with Gasteiger partial charge in [0, 0.05) is 6.20 Å². The number of nitriles is 1. The van der Waals surface area contributed by atoms with Crippen LogP contribution in [0.2, 0.25) is 5.02 Å². The van der Waals surface area contributed by atoms with E-state index in [9.17, 15) is 4.79 Å². The number of nitrogens with zero attached hydrogens (tertiary/aromatic N) is 2. The van der Waals surface area contributed by atoms with Gasteiger partial charge in [-0.1, -0.05) is 11.6 Å². The summed E-state index contributed by atoms with van der Waals surface area (Å²) in [5.41, 5.74) is 6.78. The standard InChI is InChI=1S/C13H9ClN4O/c14-9-4-3-8(7-15)6-11(9)18-13(19)12-10(16)2-1-5-17-12/h1-6H,16H2,(H,18,19). The number of nitrogen functional groups attached to an aromatic ring is 1. The molecule has 0 aliphatic heterocycles. The zero-order chi connectivity index (χ0) is 13.8. The minimum absolute atomic E-state index is 0.112. The Hall–Kier alpha value is -2.58. The molecular formula is C13H9ClN4O. The highest BCUT2D eigenvalue weighted by Crippen LogP contribution is 2.23. The maximum atomic E-state index is 12.0. The molecule has 0 radical (unpaired) electrons. The van der Waals surface area contributed by atoms with Crippen molar-refractivity contribution in [1.29, 1.82) is 5.26 Å². The lowest BCUT2D eigenvalue weighted by Crippen LogP contribution is -2.16. The Labute approximate surface area is 114 Å². The molecule has 3 N–H and O–H groups in total. The molecule has 1 heterocycles. The molecule has 0 saturated carbocycles. The Kier molecular flexibility index (Phi) is 3.64. The summed E-state index contributed by atoms with van der Waals surface area (Å²) in [5, 5.41) is 11.7. The van der Waals surface area contributed by atoms with Crippen LogP contribution in [-0.4, -0.2) is 10.9 Å². The third-order valence-corrected chi connectivity index (χ3v) is 2.73. The van der Waals surface area contributed by atoms with Crippen molar-refractivity contribution in [3.63, 3.8) is 0 Å². The van der Waals surface area contributed by atoms with Gasteiger partial charge in [-0.3, -0.25) is 4.79 Å². The van der Waals surface area contributed by atoms with Crippen LogP contribution in [0.25, 0.3) is 0 Å². The first-order chi connectivity index (χ1) is 9.11. The van der Waals surface area contributed by atoms with Crippen molar-refractivity contribution >= 4 is 28.9 Å². The number of hydrogen-bond donors (Lipinski definition) is 2. The molecule has 0 aliphatic rings. The SMILES string of the molecule is N#Cc1ccc(Cl)c(NC(=O)c2ncccc2N)c1. The van der Waals surface area contributed by atoms with Gasteiger partial charge in [0.25, 0.3) is 5.91 Å². The number of rotatable bonds is 2. The van der Waals surface area contributed by atoms with Crippen LogP contribution in [0.1, 0.15) is 16.1 Å². The lowest BCUT2D eigenvalue weighted by molar-refractivity contribution is 0.102. The van der Waals surface area contributed by atoms with E-state index in [1.165, 1.54) is 18.3 Å². The van der Waals surface area contributed by atoms with Gasteiger partial charge in [0.2, 0.25) is 0 Å². The van der Waals surface area contributed by atoms with Crippen LogP contribution in [0, 0.1) is 11.3 Å². The van der Waals surface area contributed by atoms with Gasteiger partial charge in [-0.05, 0) is 30.3 Å². The summed E-state index contributed by atoms with van der Waals surface area (Å²) in [4.78, 5) is 15.9. The molecule has 5 nitrogen and oxygen atoms in total. The number of nitrogens with one attached hydrogen (secondary N) is 1. The molecule has 0 aliphatic carbocycles. The van der Waals surface area contributed by atoms with E-state index in [1.807, 2.05) is 6.07 Å². The van der Waals surface area contributed by atoms with E-state index in [0.29, 0.717) is 16.3 Å². The third-order valence-electron chi connectivity index (χ3n) is 2.40. The Morgan fingerprint density at radius 2 is 2.21 bits per heavy atom. The van der Waals surface area contributed by atoms with Crippen molar-refractivity contribution in [2.75, 3.05) is 11.1 Å². The van der Waals surface area contributed by atoms with Gasteiger partial charge in [0.1, 0.15) is 0 Å². The highest BCUT2D eigenvalue weighted by molar-refractivity contribution is 6.34. The Morgan fingerprint density at radius 1 is 1.42 bits per heavy atom. The number of aromatic nitrogens is 1. The van der Waals surface area contributed by atoms with Gasteiger partial charge in [-0.25, -0.2) is 4.98 Å². The number of nitrogens with two attached hydrogens (primary N) is 1. The van der Waals surface area contributed by atoms with Crippen LogP contribution in [-0.2, 0) is 0 Å². The molecule has 6 heteroatoms. The summed E-state index contributed by atoms with van der Waals surface area (Å²) in [5.74, 6) is -0.477. The zero-order valence-electron chi connectivity index (χ0n) is 9.72. The van der Waals surface area contributed by atoms with E-state index >= 15 is 0 Å². The summed E-state index contributed by atoms with van der Waals surface area (Å²) in [6.07, 6.45) is 1.47. The molecule has 1 aromatic carbocycles. The highest BCUT2D eigenvalue weighted by Gasteiger charge is 2.13. The summed E-state index contributed by atoms with van der Waals surface area (Å²) < 4.78 is 0. The summed E-state index contributed by atoms with van der Waals surface area (Å²) in [6.45, 7) is 0. The molecule has 0 unspecified atom stereocenters. The number of anilines is 2. The van der Waals surface area contributed by atoms with Gasteiger partial charge in [-0.2, -0.15) is 5.26 Å². The van der Waals surface area contributed by atoms with Crippen LogP contribution in [0.4, 0.5) is 11.4 Å². The van der Waals surface area contributed by atoms with Gasteiger partial charge in [-0.15, -0.1) is 0 Å². The number of carbonyl (C=O) groups is 1. The normalized spacial score (nSPS) is 9.68. The van der Waals surface area contributed by atoms with Crippen molar-refractivity contribution in [1.82, 2.24) is 4.98 Å². The predicted molar refractivity (Wildman–Crippen MR) is 72.8 cm³/mol. The van der Waals surface area contributed by atoms with E-state index < -0.39 is 5.91 Å². The average Bonchev–Trinajstić information content (AvgIpc) is 2.41.